The van der Waals surface area contributed by atoms with Gasteiger partial charge < -0.3 is 9.83 Å². The van der Waals surface area contributed by atoms with Gasteiger partial charge in [0.15, 0.2) is 0 Å². The Bertz CT molecular complexity index is 279. The van der Waals surface area contributed by atoms with Crippen LogP contribution in [-0.2, 0) is 0 Å². The second kappa shape index (κ2) is 2.21. The van der Waals surface area contributed by atoms with Gasteiger partial charge in [0.05, 0.1) is 10.4 Å². The summed E-state index contributed by atoms with van der Waals surface area (Å²) in [6.45, 7) is 0. The number of nitrogens with one attached hydrogen (secondary N) is 1. The van der Waals surface area contributed by atoms with Gasteiger partial charge in [0.1, 0.15) is 5.76 Å². The molecule has 0 radical (unpaired) electrons. The fourth-order valence-electron chi connectivity index (χ4n) is 0.781. The maximum Gasteiger partial charge on any atom is 0.141 e. The van der Waals surface area contributed by atoms with Crippen LogP contribution in [0.4, 0.5) is 0 Å². The van der Waals surface area contributed by atoms with Crippen LogP contribution in [0.3, 0.4) is 0 Å². The molecule has 0 fully saturated rings. The third kappa shape index (κ3) is 0.803. The summed E-state index contributed by atoms with van der Waals surface area (Å²) in [4.78, 5) is 0. The number of aliphatic hydroxyl groups is 1. The van der Waals surface area contributed by atoms with E-state index in [1.54, 1.807) is 17.5 Å². The molecule has 0 spiro atoms. The van der Waals surface area contributed by atoms with Crippen LogP contribution in [0.15, 0.2) is 21.9 Å². The minimum absolute atomic E-state index is 0.329. The first-order chi connectivity index (χ1) is 4.88. The maximum atomic E-state index is 9.24. The SMILES string of the molecule is OC1=CNSc2sccc21. The zero-order valence-corrected chi connectivity index (χ0v) is 6.63. The highest BCUT2D eigenvalue weighted by Gasteiger charge is 2.12. The number of thiophene rings is 1. The Balaban J connectivity index is 2.55. The molecular formula is C6H5NOS2. The van der Waals surface area contributed by atoms with Gasteiger partial charge >= 0.3 is 0 Å². The van der Waals surface area contributed by atoms with Crippen molar-refractivity contribution < 1.29 is 5.11 Å². The van der Waals surface area contributed by atoms with E-state index in [0.717, 1.165) is 9.77 Å². The smallest absolute Gasteiger partial charge is 0.141 e. The Hall–Kier alpha value is -0.610. The molecule has 0 atom stereocenters. The van der Waals surface area contributed by atoms with E-state index < -0.39 is 0 Å². The molecule has 0 bridgehead atoms. The van der Waals surface area contributed by atoms with E-state index in [0.29, 0.717) is 5.76 Å². The number of fused-ring (bicyclic) bond motifs is 1. The quantitative estimate of drug-likeness (QED) is 0.587. The molecular weight excluding hydrogens is 166 g/mol. The van der Waals surface area contributed by atoms with E-state index in [1.807, 2.05) is 11.4 Å². The highest BCUT2D eigenvalue weighted by molar-refractivity contribution is 7.99. The van der Waals surface area contributed by atoms with Crippen molar-refractivity contribution in [1.29, 1.82) is 0 Å². The van der Waals surface area contributed by atoms with Crippen LogP contribution >= 0.6 is 23.3 Å². The van der Waals surface area contributed by atoms with Crippen LogP contribution in [-0.4, -0.2) is 5.11 Å². The van der Waals surface area contributed by atoms with Crippen molar-refractivity contribution in [3.8, 4) is 0 Å². The maximum absolute atomic E-state index is 9.24. The van der Waals surface area contributed by atoms with E-state index in [1.165, 1.54) is 11.9 Å². The number of aliphatic hydroxyl groups excluding tert-OH is 1. The zero-order chi connectivity index (χ0) is 6.97. The predicted molar refractivity (Wildman–Crippen MR) is 43.9 cm³/mol. The molecule has 2 N–H and O–H groups in total. The standard InChI is InChI=1S/C6H5NOS2/c8-5-3-7-10-6-4(5)1-2-9-6/h1-3,7-8H. The predicted octanol–water partition coefficient (Wildman–Crippen LogP) is 2.21. The van der Waals surface area contributed by atoms with Crippen LogP contribution in [0.2, 0.25) is 0 Å². The van der Waals surface area contributed by atoms with E-state index in [4.69, 9.17) is 0 Å². The molecule has 0 saturated heterocycles. The number of rotatable bonds is 0. The Morgan fingerprint density at radius 2 is 2.40 bits per heavy atom. The second-order valence-corrected chi connectivity index (χ2v) is 3.89. The summed E-state index contributed by atoms with van der Waals surface area (Å²) >= 11 is 3.16. The topological polar surface area (TPSA) is 32.3 Å². The summed E-state index contributed by atoms with van der Waals surface area (Å²) in [7, 11) is 0. The van der Waals surface area contributed by atoms with Crippen LogP contribution in [0.1, 0.15) is 5.56 Å². The molecule has 2 heterocycles. The first kappa shape index (κ1) is 6.12. The van der Waals surface area contributed by atoms with Gasteiger partial charge in [0.25, 0.3) is 0 Å². The van der Waals surface area contributed by atoms with Gasteiger partial charge in [-0.1, -0.05) is 0 Å². The molecule has 0 unspecified atom stereocenters. The van der Waals surface area contributed by atoms with Crippen molar-refractivity contribution in [2.45, 2.75) is 4.21 Å². The summed E-state index contributed by atoms with van der Waals surface area (Å²) in [5, 5.41) is 11.2. The van der Waals surface area contributed by atoms with Crippen molar-refractivity contribution in [2.24, 2.45) is 0 Å². The molecule has 4 heteroatoms. The normalized spacial score (nSPS) is 15.4. The van der Waals surface area contributed by atoms with Gasteiger partial charge in [-0.2, -0.15) is 0 Å². The molecule has 0 saturated carbocycles. The fraction of sp³-hybridized carbons (Fsp3) is 0. The summed E-state index contributed by atoms with van der Waals surface area (Å²) in [5.41, 5.74) is 0.939. The Labute approximate surface area is 66.7 Å². The highest BCUT2D eigenvalue weighted by atomic mass is 32.2. The first-order valence-corrected chi connectivity index (χ1v) is 4.47. The van der Waals surface area contributed by atoms with Gasteiger partial charge in [-0.15, -0.1) is 11.3 Å². The molecule has 2 rings (SSSR count). The lowest BCUT2D eigenvalue weighted by Gasteiger charge is -2.07. The van der Waals surface area contributed by atoms with Crippen LogP contribution in [0, 0.1) is 0 Å². The Kier molecular flexibility index (Phi) is 1.35. The number of hydrogen-bond acceptors (Lipinski definition) is 4. The largest absolute Gasteiger partial charge is 0.506 e. The monoisotopic (exact) mass is 171 g/mol. The average molecular weight is 171 g/mol. The first-order valence-electron chi connectivity index (χ1n) is 2.77. The molecule has 1 aromatic heterocycles. The molecule has 52 valence electrons. The van der Waals surface area contributed by atoms with E-state index in [2.05, 4.69) is 4.72 Å². The summed E-state index contributed by atoms with van der Waals surface area (Å²) < 4.78 is 4.02. The van der Waals surface area contributed by atoms with Gasteiger partial charge in [0.2, 0.25) is 0 Å². The van der Waals surface area contributed by atoms with Gasteiger partial charge in [0, 0.05) is 5.56 Å². The van der Waals surface area contributed by atoms with Crippen molar-refractivity contribution >= 4 is 29.0 Å². The lowest BCUT2D eigenvalue weighted by Crippen LogP contribution is -1.99. The average Bonchev–Trinajstić information content (AvgIpc) is 2.36. The van der Waals surface area contributed by atoms with E-state index in [9.17, 15) is 5.11 Å². The van der Waals surface area contributed by atoms with Gasteiger partial charge in [-0.25, -0.2) is 0 Å². The van der Waals surface area contributed by atoms with Crippen molar-refractivity contribution in [1.82, 2.24) is 4.72 Å². The second-order valence-electron chi connectivity index (χ2n) is 1.87. The molecule has 1 aromatic rings. The fourth-order valence-corrected chi connectivity index (χ4v) is 2.47. The molecule has 1 aliphatic rings. The Morgan fingerprint density at radius 3 is 3.20 bits per heavy atom. The third-order valence-electron chi connectivity index (χ3n) is 1.25. The molecule has 1 aliphatic heterocycles. The Morgan fingerprint density at radius 1 is 1.50 bits per heavy atom. The summed E-state index contributed by atoms with van der Waals surface area (Å²) in [6.07, 6.45) is 1.60. The van der Waals surface area contributed by atoms with Gasteiger partial charge in [-0.05, 0) is 23.4 Å². The van der Waals surface area contributed by atoms with E-state index in [-0.39, 0.29) is 0 Å². The molecule has 2 nitrogen and oxygen atoms in total. The lowest BCUT2D eigenvalue weighted by molar-refractivity contribution is 0.507. The minimum Gasteiger partial charge on any atom is -0.506 e. The molecule has 0 aliphatic carbocycles. The van der Waals surface area contributed by atoms with Crippen LogP contribution < -0.4 is 4.72 Å². The van der Waals surface area contributed by atoms with Gasteiger partial charge in [-0.3, -0.25) is 0 Å². The lowest BCUT2D eigenvalue weighted by atomic mass is 10.3. The van der Waals surface area contributed by atoms with Crippen LogP contribution in [0.25, 0.3) is 5.76 Å². The number of hydrogen-bond donors (Lipinski definition) is 2. The molecule has 0 aromatic carbocycles. The summed E-state index contributed by atoms with van der Waals surface area (Å²) in [5.74, 6) is 0.329. The van der Waals surface area contributed by atoms with Crippen molar-refractivity contribution in [3.05, 3.63) is 23.2 Å². The van der Waals surface area contributed by atoms with E-state index >= 15 is 0 Å². The molecule has 0 amide bonds. The van der Waals surface area contributed by atoms with Crippen molar-refractivity contribution in [3.63, 3.8) is 0 Å². The highest BCUT2D eigenvalue weighted by Crippen LogP contribution is 2.33. The van der Waals surface area contributed by atoms with Crippen molar-refractivity contribution in [2.75, 3.05) is 0 Å². The summed E-state index contributed by atoms with van der Waals surface area (Å²) in [6, 6.07) is 1.92. The van der Waals surface area contributed by atoms with Crippen LogP contribution in [0.5, 0.6) is 0 Å². The zero-order valence-electron chi connectivity index (χ0n) is 5.00. The third-order valence-corrected chi connectivity index (χ3v) is 3.14. The molecule has 10 heavy (non-hydrogen) atoms. The minimum atomic E-state index is 0.329.